The van der Waals surface area contributed by atoms with Crippen molar-refractivity contribution in [2.24, 2.45) is 0 Å². The van der Waals surface area contributed by atoms with Crippen LogP contribution in [0.5, 0.6) is 0 Å². The summed E-state index contributed by atoms with van der Waals surface area (Å²) < 4.78 is 0. The molecule has 0 aliphatic carbocycles. The third-order valence-electron chi connectivity index (χ3n) is 1.52. The standard InChI is InChI=1S/C6H3Cl2N3O/c7-3-1-2-4(8)6-5(3)9-10-11(6)12/h1-2,9H. The Morgan fingerprint density at radius 3 is 2.67 bits per heavy atom. The highest BCUT2D eigenvalue weighted by atomic mass is 35.5. The van der Waals surface area contributed by atoms with Gasteiger partial charge < -0.3 is 5.21 Å². The molecule has 0 aliphatic heterocycles. The lowest BCUT2D eigenvalue weighted by atomic mass is 10.3. The van der Waals surface area contributed by atoms with Crippen molar-refractivity contribution < 1.29 is 4.85 Å². The molecule has 0 radical (unpaired) electrons. The molecule has 4 nitrogen and oxygen atoms in total. The van der Waals surface area contributed by atoms with Gasteiger partial charge in [0.25, 0.3) is 0 Å². The largest absolute Gasteiger partial charge is 0.691 e. The van der Waals surface area contributed by atoms with E-state index in [4.69, 9.17) is 23.2 Å². The fraction of sp³-hybridized carbons (Fsp3) is 0. The minimum absolute atomic E-state index is 0.268. The summed E-state index contributed by atoms with van der Waals surface area (Å²) in [5.74, 6) is 0. The molecule has 0 saturated carbocycles. The third kappa shape index (κ3) is 0.922. The minimum Gasteiger partial charge on any atom is -0.691 e. The van der Waals surface area contributed by atoms with Crippen LogP contribution in [0.1, 0.15) is 0 Å². The highest BCUT2D eigenvalue weighted by Gasteiger charge is 2.13. The molecule has 62 valence electrons. The van der Waals surface area contributed by atoms with E-state index in [-0.39, 0.29) is 5.52 Å². The van der Waals surface area contributed by atoms with Gasteiger partial charge in [0, 0.05) is 0 Å². The summed E-state index contributed by atoms with van der Waals surface area (Å²) in [5, 5.41) is 17.6. The molecule has 0 unspecified atom stereocenters. The SMILES string of the molecule is [O-][n+]1n[nH]c2c(Cl)ccc(Cl)c21. The van der Waals surface area contributed by atoms with Gasteiger partial charge in [-0.05, 0) is 12.1 Å². The Balaban J connectivity index is 2.98. The third-order valence-corrected chi connectivity index (χ3v) is 2.14. The molecular weight excluding hydrogens is 201 g/mol. The van der Waals surface area contributed by atoms with Crippen LogP contribution in [-0.2, 0) is 0 Å². The van der Waals surface area contributed by atoms with Gasteiger partial charge in [0.15, 0.2) is 0 Å². The molecule has 0 saturated heterocycles. The van der Waals surface area contributed by atoms with Crippen LogP contribution in [0.4, 0.5) is 0 Å². The Bertz CT molecular complexity index is 440. The lowest BCUT2D eigenvalue weighted by molar-refractivity contribution is -0.644. The van der Waals surface area contributed by atoms with Gasteiger partial charge in [-0.3, -0.25) is 0 Å². The van der Waals surface area contributed by atoms with Crippen molar-refractivity contribution in [1.29, 1.82) is 0 Å². The zero-order valence-electron chi connectivity index (χ0n) is 5.71. The van der Waals surface area contributed by atoms with E-state index in [1.165, 1.54) is 0 Å². The summed E-state index contributed by atoms with van der Waals surface area (Å²) in [6.45, 7) is 0. The molecule has 0 bridgehead atoms. The Morgan fingerprint density at radius 2 is 2.00 bits per heavy atom. The Kier molecular flexibility index (Phi) is 1.59. The highest BCUT2D eigenvalue weighted by Crippen LogP contribution is 2.24. The lowest BCUT2D eigenvalue weighted by Crippen LogP contribution is -2.28. The number of fused-ring (bicyclic) bond motifs is 1. The molecule has 0 amide bonds. The molecular formula is C6H3Cl2N3O. The lowest BCUT2D eigenvalue weighted by Gasteiger charge is -1.94. The maximum atomic E-state index is 11.0. The second-order valence-corrected chi connectivity index (χ2v) is 3.05. The molecule has 1 heterocycles. The average Bonchev–Trinajstić information content (AvgIpc) is 2.42. The van der Waals surface area contributed by atoms with E-state index >= 15 is 0 Å². The first-order valence-electron chi connectivity index (χ1n) is 3.12. The molecule has 2 rings (SSSR count). The van der Waals surface area contributed by atoms with Crippen LogP contribution in [0.2, 0.25) is 10.0 Å². The average molecular weight is 204 g/mol. The zero-order chi connectivity index (χ0) is 8.72. The van der Waals surface area contributed by atoms with Crippen molar-refractivity contribution in [2.75, 3.05) is 0 Å². The number of halogens is 2. The molecule has 0 fully saturated rings. The molecule has 1 aromatic heterocycles. The quantitative estimate of drug-likeness (QED) is 0.522. The molecule has 2 aromatic rings. The van der Waals surface area contributed by atoms with Crippen molar-refractivity contribution >= 4 is 34.2 Å². The van der Waals surface area contributed by atoms with Gasteiger partial charge in [0.05, 0.1) is 15.3 Å². The fourth-order valence-electron chi connectivity index (χ4n) is 0.980. The van der Waals surface area contributed by atoms with Crippen LogP contribution in [0, 0.1) is 5.21 Å². The summed E-state index contributed by atoms with van der Waals surface area (Å²) in [6, 6.07) is 3.15. The maximum absolute atomic E-state index is 11.0. The Hall–Kier alpha value is -1.00. The zero-order valence-corrected chi connectivity index (χ0v) is 7.23. The van der Waals surface area contributed by atoms with E-state index in [1.54, 1.807) is 12.1 Å². The van der Waals surface area contributed by atoms with Crippen LogP contribution in [0.3, 0.4) is 0 Å². The molecule has 0 spiro atoms. The topological polar surface area (TPSA) is 55.6 Å². The number of nitrogens with zero attached hydrogens (tertiary/aromatic N) is 2. The Morgan fingerprint density at radius 1 is 1.33 bits per heavy atom. The van der Waals surface area contributed by atoms with Gasteiger partial charge in [-0.2, -0.15) is 0 Å². The number of aromatic nitrogens is 3. The second-order valence-electron chi connectivity index (χ2n) is 2.24. The van der Waals surface area contributed by atoms with Gasteiger partial charge >= 0.3 is 0 Å². The number of hydrogen-bond acceptors (Lipinski definition) is 2. The van der Waals surface area contributed by atoms with Gasteiger partial charge in [0.2, 0.25) is 11.0 Å². The predicted octanol–water partition coefficient (Wildman–Crippen LogP) is 1.50. The van der Waals surface area contributed by atoms with Crippen LogP contribution in [0.25, 0.3) is 11.0 Å². The molecule has 0 atom stereocenters. The van der Waals surface area contributed by atoms with Gasteiger partial charge in [-0.25, -0.2) is 0 Å². The smallest absolute Gasteiger partial charge is 0.222 e. The monoisotopic (exact) mass is 203 g/mol. The van der Waals surface area contributed by atoms with E-state index in [0.717, 1.165) is 0 Å². The van der Waals surface area contributed by atoms with Crippen molar-refractivity contribution in [2.45, 2.75) is 0 Å². The van der Waals surface area contributed by atoms with Crippen LogP contribution < -0.4 is 4.85 Å². The highest BCUT2D eigenvalue weighted by molar-refractivity contribution is 6.39. The molecule has 1 aromatic carbocycles. The first kappa shape index (κ1) is 7.64. The minimum atomic E-state index is 0.268. The van der Waals surface area contributed by atoms with Crippen LogP contribution in [-0.4, -0.2) is 10.3 Å². The maximum Gasteiger partial charge on any atom is 0.222 e. The fourth-order valence-corrected chi connectivity index (χ4v) is 1.40. The van der Waals surface area contributed by atoms with E-state index in [1.807, 2.05) is 0 Å². The molecule has 0 aliphatic rings. The number of nitrogens with one attached hydrogen (secondary N) is 1. The van der Waals surface area contributed by atoms with Gasteiger partial charge in [-0.15, -0.1) is 9.94 Å². The number of H-pyrrole nitrogens is 1. The van der Waals surface area contributed by atoms with Crippen LogP contribution >= 0.6 is 23.2 Å². The second kappa shape index (κ2) is 2.50. The summed E-state index contributed by atoms with van der Waals surface area (Å²) in [7, 11) is 0. The summed E-state index contributed by atoms with van der Waals surface area (Å²) >= 11 is 11.5. The summed E-state index contributed by atoms with van der Waals surface area (Å²) in [4.78, 5) is 0.406. The predicted molar refractivity (Wildman–Crippen MR) is 45.1 cm³/mol. The van der Waals surface area contributed by atoms with Crippen LogP contribution in [0.15, 0.2) is 12.1 Å². The molecule has 6 heteroatoms. The number of hydrogen-bond donors (Lipinski definition) is 1. The number of aromatic amines is 1. The van der Waals surface area contributed by atoms with E-state index in [9.17, 15) is 5.21 Å². The van der Waals surface area contributed by atoms with E-state index in [2.05, 4.69) is 10.3 Å². The van der Waals surface area contributed by atoms with Crippen molar-refractivity contribution in [3.05, 3.63) is 27.4 Å². The summed E-state index contributed by atoms with van der Waals surface area (Å²) in [6.07, 6.45) is 0. The van der Waals surface area contributed by atoms with Crippen molar-refractivity contribution in [3.63, 3.8) is 0 Å². The molecule has 12 heavy (non-hydrogen) atoms. The first-order chi connectivity index (χ1) is 5.70. The Labute approximate surface area is 77.3 Å². The molecule has 1 N–H and O–H groups in total. The van der Waals surface area contributed by atoms with E-state index < -0.39 is 0 Å². The van der Waals surface area contributed by atoms with Crippen molar-refractivity contribution in [3.8, 4) is 0 Å². The van der Waals surface area contributed by atoms with E-state index in [0.29, 0.717) is 20.4 Å². The number of rotatable bonds is 0. The van der Waals surface area contributed by atoms with Gasteiger partial charge in [-0.1, -0.05) is 23.2 Å². The summed E-state index contributed by atoms with van der Waals surface area (Å²) in [5.41, 5.74) is 0.725. The first-order valence-corrected chi connectivity index (χ1v) is 3.87. The van der Waals surface area contributed by atoms with Crippen molar-refractivity contribution in [1.82, 2.24) is 10.3 Å². The number of benzene rings is 1. The van der Waals surface area contributed by atoms with Gasteiger partial charge in [0.1, 0.15) is 0 Å². The normalized spacial score (nSPS) is 10.8.